The molecule has 0 aromatic heterocycles. The molecule has 3 N–H and O–H groups in total. The Balaban J connectivity index is 2.51. The number of piperidine rings is 1. The number of rotatable bonds is 3. The van der Waals surface area contributed by atoms with Gasteiger partial charge in [0.05, 0.1) is 0 Å². The standard InChI is InChI=1S/C11H23N3O/c1-8(7-12)11(15)13-14-9(2)5-4-6-10(14)3/h8-10H,4-7,12H2,1-3H3,(H,13,15). The lowest BCUT2D eigenvalue weighted by Gasteiger charge is -2.39. The van der Waals surface area contributed by atoms with E-state index in [1.807, 2.05) is 6.92 Å². The molecular formula is C11H23N3O. The Labute approximate surface area is 92.2 Å². The number of hydrogen-bond acceptors (Lipinski definition) is 3. The van der Waals surface area contributed by atoms with Crippen LogP contribution in [0.4, 0.5) is 0 Å². The highest BCUT2D eigenvalue weighted by Gasteiger charge is 2.26. The molecule has 0 aliphatic carbocycles. The van der Waals surface area contributed by atoms with Crippen LogP contribution in [0.1, 0.15) is 40.0 Å². The molecule has 0 aromatic rings. The molecule has 3 atom stereocenters. The van der Waals surface area contributed by atoms with E-state index < -0.39 is 0 Å². The Bertz CT molecular complexity index is 210. The lowest BCUT2D eigenvalue weighted by molar-refractivity contribution is -0.132. The largest absolute Gasteiger partial charge is 0.330 e. The van der Waals surface area contributed by atoms with Crippen LogP contribution in [-0.2, 0) is 4.79 Å². The van der Waals surface area contributed by atoms with Gasteiger partial charge >= 0.3 is 0 Å². The van der Waals surface area contributed by atoms with Crippen LogP contribution in [0.3, 0.4) is 0 Å². The molecule has 0 spiro atoms. The predicted molar refractivity (Wildman–Crippen MR) is 61.0 cm³/mol. The van der Waals surface area contributed by atoms with Gasteiger partial charge in [-0.1, -0.05) is 13.3 Å². The van der Waals surface area contributed by atoms with Crippen molar-refractivity contribution in [3.05, 3.63) is 0 Å². The SMILES string of the molecule is CC(CN)C(=O)NN1C(C)CCCC1C. The second-order valence-electron chi connectivity index (χ2n) is 4.65. The van der Waals surface area contributed by atoms with Gasteiger partial charge in [-0.3, -0.25) is 10.2 Å². The molecule has 1 amide bonds. The van der Waals surface area contributed by atoms with Crippen molar-refractivity contribution in [3.8, 4) is 0 Å². The van der Waals surface area contributed by atoms with E-state index in [2.05, 4.69) is 24.3 Å². The molecule has 0 bridgehead atoms. The number of nitrogens with zero attached hydrogens (tertiary/aromatic N) is 1. The average molecular weight is 213 g/mol. The molecule has 1 saturated heterocycles. The summed E-state index contributed by atoms with van der Waals surface area (Å²) in [4.78, 5) is 11.7. The Morgan fingerprint density at radius 1 is 1.47 bits per heavy atom. The van der Waals surface area contributed by atoms with Crippen molar-refractivity contribution < 1.29 is 4.79 Å². The molecule has 4 nitrogen and oxygen atoms in total. The molecule has 15 heavy (non-hydrogen) atoms. The van der Waals surface area contributed by atoms with E-state index in [0.717, 1.165) is 12.8 Å². The van der Waals surface area contributed by atoms with Gasteiger partial charge < -0.3 is 5.73 Å². The Morgan fingerprint density at radius 3 is 2.47 bits per heavy atom. The van der Waals surface area contributed by atoms with Crippen molar-refractivity contribution >= 4 is 5.91 Å². The smallest absolute Gasteiger partial charge is 0.238 e. The van der Waals surface area contributed by atoms with Gasteiger partial charge in [0.15, 0.2) is 0 Å². The fourth-order valence-corrected chi connectivity index (χ4v) is 1.99. The second kappa shape index (κ2) is 5.47. The number of hydrazine groups is 1. The van der Waals surface area contributed by atoms with Gasteiger partial charge in [0.1, 0.15) is 0 Å². The molecule has 1 aliphatic heterocycles. The topological polar surface area (TPSA) is 58.4 Å². The summed E-state index contributed by atoms with van der Waals surface area (Å²) in [6.07, 6.45) is 3.56. The maximum atomic E-state index is 11.7. The van der Waals surface area contributed by atoms with Gasteiger partial charge in [0.25, 0.3) is 0 Å². The fourth-order valence-electron chi connectivity index (χ4n) is 1.99. The van der Waals surface area contributed by atoms with Crippen LogP contribution in [0.15, 0.2) is 0 Å². The zero-order valence-electron chi connectivity index (χ0n) is 9.99. The number of carbonyl (C=O) groups excluding carboxylic acids is 1. The lowest BCUT2D eigenvalue weighted by Crippen LogP contribution is -2.55. The first-order chi connectivity index (χ1) is 7.06. The van der Waals surface area contributed by atoms with Crippen LogP contribution in [0.2, 0.25) is 0 Å². The minimum absolute atomic E-state index is 0.0399. The number of hydrogen-bond donors (Lipinski definition) is 2. The van der Waals surface area contributed by atoms with Gasteiger partial charge in [-0.15, -0.1) is 0 Å². The molecule has 1 fully saturated rings. The van der Waals surface area contributed by atoms with Gasteiger partial charge in [0, 0.05) is 24.5 Å². The molecule has 4 heteroatoms. The van der Waals surface area contributed by atoms with Crippen molar-refractivity contribution in [3.63, 3.8) is 0 Å². The minimum atomic E-state index is -0.105. The second-order valence-corrected chi connectivity index (χ2v) is 4.65. The molecule has 0 saturated carbocycles. The maximum Gasteiger partial charge on any atom is 0.238 e. The van der Waals surface area contributed by atoms with Crippen LogP contribution in [-0.4, -0.2) is 29.5 Å². The molecule has 3 unspecified atom stereocenters. The van der Waals surface area contributed by atoms with E-state index in [9.17, 15) is 4.79 Å². The van der Waals surface area contributed by atoms with Gasteiger partial charge in [-0.05, 0) is 26.7 Å². The maximum absolute atomic E-state index is 11.7. The Kier molecular flexibility index (Phi) is 4.54. The van der Waals surface area contributed by atoms with Gasteiger partial charge in [-0.25, -0.2) is 5.01 Å². The molecule has 1 rings (SSSR count). The van der Waals surface area contributed by atoms with E-state index in [4.69, 9.17) is 5.73 Å². The van der Waals surface area contributed by atoms with Crippen LogP contribution < -0.4 is 11.2 Å². The number of carbonyl (C=O) groups is 1. The van der Waals surface area contributed by atoms with Crippen LogP contribution in [0.25, 0.3) is 0 Å². The molecule has 88 valence electrons. The normalized spacial score (nSPS) is 29.9. The summed E-state index contributed by atoms with van der Waals surface area (Å²) in [5, 5.41) is 2.08. The fraction of sp³-hybridized carbons (Fsp3) is 0.909. The summed E-state index contributed by atoms with van der Waals surface area (Å²) in [5.74, 6) is -0.0653. The minimum Gasteiger partial charge on any atom is -0.330 e. The Morgan fingerprint density at radius 2 is 2.00 bits per heavy atom. The molecule has 1 heterocycles. The van der Waals surface area contributed by atoms with E-state index in [1.54, 1.807) is 0 Å². The highest BCUT2D eigenvalue weighted by atomic mass is 16.2. The highest BCUT2D eigenvalue weighted by Crippen LogP contribution is 2.20. The summed E-state index contributed by atoms with van der Waals surface area (Å²) in [7, 11) is 0. The monoisotopic (exact) mass is 213 g/mol. The van der Waals surface area contributed by atoms with E-state index in [-0.39, 0.29) is 11.8 Å². The number of amides is 1. The average Bonchev–Trinajstić information content (AvgIpc) is 2.22. The predicted octanol–water partition coefficient (Wildman–Crippen LogP) is 0.875. The van der Waals surface area contributed by atoms with Crippen LogP contribution >= 0.6 is 0 Å². The molecular weight excluding hydrogens is 190 g/mol. The third kappa shape index (κ3) is 3.18. The first kappa shape index (κ1) is 12.5. The van der Waals surface area contributed by atoms with Gasteiger partial charge in [-0.2, -0.15) is 0 Å². The lowest BCUT2D eigenvalue weighted by atomic mass is 10.00. The van der Waals surface area contributed by atoms with Crippen LogP contribution in [0, 0.1) is 5.92 Å². The summed E-state index contributed by atoms with van der Waals surface area (Å²) in [5.41, 5.74) is 8.45. The zero-order valence-corrected chi connectivity index (χ0v) is 9.99. The Hall–Kier alpha value is -0.610. The van der Waals surface area contributed by atoms with Crippen molar-refractivity contribution in [1.82, 2.24) is 10.4 Å². The zero-order chi connectivity index (χ0) is 11.4. The number of nitrogens with one attached hydrogen (secondary N) is 1. The third-order valence-electron chi connectivity index (χ3n) is 3.23. The van der Waals surface area contributed by atoms with Crippen molar-refractivity contribution in [2.24, 2.45) is 11.7 Å². The summed E-state index contributed by atoms with van der Waals surface area (Å²) >= 11 is 0. The molecule has 0 aromatic carbocycles. The van der Waals surface area contributed by atoms with Gasteiger partial charge in [0.2, 0.25) is 5.91 Å². The van der Waals surface area contributed by atoms with E-state index >= 15 is 0 Å². The number of nitrogens with two attached hydrogens (primary N) is 1. The summed E-state index contributed by atoms with van der Waals surface area (Å²) < 4.78 is 0. The first-order valence-corrected chi connectivity index (χ1v) is 5.85. The van der Waals surface area contributed by atoms with Crippen molar-refractivity contribution in [2.45, 2.75) is 52.1 Å². The third-order valence-corrected chi connectivity index (χ3v) is 3.23. The molecule has 0 radical (unpaired) electrons. The van der Waals surface area contributed by atoms with E-state index in [0.29, 0.717) is 18.6 Å². The summed E-state index contributed by atoms with van der Waals surface area (Å²) in [6, 6.07) is 0.866. The van der Waals surface area contributed by atoms with Crippen molar-refractivity contribution in [1.29, 1.82) is 0 Å². The summed E-state index contributed by atoms with van der Waals surface area (Å²) in [6.45, 7) is 6.57. The first-order valence-electron chi connectivity index (χ1n) is 5.85. The highest BCUT2D eigenvalue weighted by molar-refractivity contribution is 5.78. The molecule has 1 aliphatic rings. The quantitative estimate of drug-likeness (QED) is 0.731. The van der Waals surface area contributed by atoms with Crippen LogP contribution in [0.5, 0.6) is 0 Å². The van der Waals surface area contributed by atoms with Crippen molar-refractivity contribution in [2.75, 3.05) is 6.54 Å². The van der Waals surface area contributed by atoms with E-state index in [1.165, 1.54) is 6.42 Å².